The summed E-state index contributed by atoms with van der Waals surface area (Å²) in [6.45, 7) is 3.49. The van der Waals surface area contributed by atoms with Gasteiger partial charge in [-0.05, 0) is 60.2 Å². The lowest BCUT2D eigenvalue weighted by molar-refractivity contribution is -0.133. The molecule has 8 heteroatoms. The van der Waals surface area contributed by atoms with Crippen molar-refractivity contribution < 1.29 is 4.79 Å². The molecule has 1 spiro atoms. The van der Waals surface area contributed by atoms with Crippen LogP contribution in [-0.2, 0) is 17.9 Å². The van der Waals surface area contributed by atoms with E-state index in [2.05, 4.69) is 37.4 Å². The third kappa shape index (κ3) is 4.04. The molecular weight excluding hydrogens is 358 g/mol. The molecule has 1 atom stereocenters. The number of carbonyl (C=O) groups excluding carboxylic acids is 1. The van der Waals surface area contributed by atoms with E-state index in [4.69, 9.17) is 0 Å². The number of carbonyl (C=O) groups is 1. The molecule has 1 saturated carbocycles. The van der Waals surface area contributed by atoms with Crippen molar-refractivity contribution in [2.24, 2.45) is 5.41 Å². The van der Waals surface area contributed by atoms with Crippen LogP contribution in [0.2, 0.25) is 0 Å². The van der Waals surface area contributed by atoms with Gasteiger partial charge in [0, 0.05) is 25.2 Å². The number of aryl methyl sites for hydroxylation is 1. The quantitative estimate of drug-likeness (QED) is 0.834. The molecule has 2 fully saturated rings. The Hall–Kier alpha value is -1.44. The van der Waals surface area contributed by atoms with Gasteiger partial charge in [0.15, 0.2) is 0 Å². The van der Waals surface area contributed by atoms with Gasteiger partial charge in [0.25, 0.3) is 0 Å². The summed E-state index contributed by atoms with van der Waals surface area (Å²) in [5.74, 6) is 0.233. The molecule has 1 aliphatic heterocycles. The fourth-order valence-electron chi connectivity index (χ4n) is 3.89. The van der Waals surface area contributed by atoms with Crippen molar-refractivity contribution >= 4 is 29.7 Å². The number of thiophene rings is 1. The smallest absolute Gasteiger partial charge is 0.225 e. The van der Waals surface area contributed by atoms with E-state index in [-0.39, 0.29) is 18.3 Å². The molecule has 25 heavy (non-hydrogen) atoms. The highest BCUT2D eigenvalue weighted by molar-refractivity contribution is 7.07. The second-order valence-electron chi connectivity index (χ2n) is 6.90. The number of rotatable bonds is 6. The minimum atomic E-state index is 0. The highest BCUT2D eigenvalue weighted by Gasteiger charge is 2.57. The molecule has 2 aromatic rings. The van der Waals surface area contributed by atoms with Gasteiger partial charge in [0.1, 0.15) is 0 Å². The SMILES string of the molecule is Cl.O=C(CCn1ccnn1)N(Cc1ccsc1)C1CC12CCNCC2. The van der Waals surface area contributed by atoms with Crippen molar-refractivity contribution in [3.8, 4) is 0 Å². The topological polar surface area (TPSA) is 63.1 Å². The Morgan fingerprint density at radius 2 is 2.28 bits per heavy atom. The maximum absolute atomic E-state index is 12.9. The summed E-state index contributed by atoms with van der Waals surface area (Å²) in [6, 6.07) is 2.53. The zero-order valence-electron chi connectivity index (χ0n) is 14.1. The molecule has 0 bridgehead atoms. The second kappa shape index (κ2) is 7.85. The average molecular weight is 382 g/mol. The highest BCUT2D eigenvalue weighted by atomic mass is 35.5. The third-order valence-electron chi connectivity index (χ3n) is 5.40. The second-order valence-corrected chi connectivity index (χ2v) is 7.68. The van der Waals surface area contributed by atoms with Crippen molar-refractivity contribution in [2.45, 2.75) is 44.8 Å². The van der Waals surface area contributed by atoms with E-state index in [1.54, 1.807) is 22.2 Å². The third-order valence-corrected chi connectivity index (χ3v) is 6.13. The van der Waals surface area contributed by atoms with Gasteiger partial charge < -0.3 is 10.2 Å². The Balaban J connectivity index is 0.00000182. The summed E-state index contributed by atoms with van der Waals surface area (Å²) in [4.78, 5) is 15.1. The van der Waals surface area contributed by atoms with E-state index >= 15 is 0 Å². The number of amides is 1. The summed E-state index contributed by atoms with van der Waals surface area (Å²) >= 11 is 1.69. The van der Waals surface area contributed by atoms with E-state index in [9.17, 15) is 4.79 Å². The lowest BCUT2D eigenvalue weighted by Crippen LogP contribution is -2.39. The maximum atomic E-state index is 12.9. The predicted molar refractivity (Wildman–Crippen MR) is 99.7 cm³/mol. The lowest BCUT2D eigenvalue weighted by atomic mass is 9.93. The molecule has 3 heterocycles. The minimum Gasteiger partial charge on any atom is -0.335 e. The summed E-state index contributed by atoms with van der Waals surface area (Å²) in [6.07, 6.45) is 7.48. The van der Waals surface area contributed by atoms with Crippen molar-refractivity contribution in [1.82, 2.24) is 25.2 Å². The normalized spacial score (nSPS) is 20.9. The van der Waals surface area contributed by atoms with E-state index in [1.165, 1.54) is 18.4 Å². The first-order valence-electron chi connectivity index (χ1n) is 8.62. The molecule has 136 valence electrons. The van der Waals surface area contributed by atoms with Crippen LogP contribution in [0.1, 0.15) is 31.2 Å². The minimum absolute atomic E-state index is 0. The summed E-state index contributed by atoms with van der Waals surface area (Å²) in [5, 5.41) is 15.4. The number of aromatic nitrogens is 3. The predicted octanol–water partition coefficient (Wildman–Crippen LogP) is 2.32. The van der Waals surface area contributed by atoms with Gasteiger partial charge in [-0.15, -0.1) is 17.5 Å². The Morgan fingerprint density at radius 1 is 1.44 bits per heavy atom. The highest BCUT2D eigenvalue weighted by Crippen LogP contribution is 2.56. The van der Waals surface area contributed by atoms with E-state index in [1.807, 2.05) is 6.20 Å². The van der Waals surface area contributed by atoms with Gasteiger partial charge in [-0.3, -0.25) is 9.48 Å². The Kier molecular flexibility index (Phi) is 5.76. The molecular formula is C17H24ClN5OS. The Morgan fingerprint density at radius 3 is 2.96 bits per heavy atom. The summed E-state index contributed by atoms with van der Waals surface area (Å²) in [5.41, 5.74) is 1.61. The molecule has 1 aliphatic carbocycles. The lowest BCUT2D eigenvalue weighted by Gasteiger charge is -2.29. The van der Waals surface area contributed by atoms with Crippen molar-refractivity contribution in [2.75, 3.05) is 13.1 Å². The van der Waals surface area contributed by atoms with Crippen LogP contribution in [0.4, 0.5) is 0 Å². The molecule has 1 saturated heterocycles. The number of nitrogens with one attached hydrogen (secondary N) is 1. The molecule has 0 aromatic carbocycles. The van der Waals surface area contributed by atoms with Crippen molar-refractivity contribution in [3.63, 3.8) is 0 Å². The monoisotopic (exact) mass is 381 g/mol. The van der Waals surface area contributed by atoms with Crippen LogP contribution >= 0.6 is 23.7 Å². The van der Waals surface area contributed by atoms with E-state index in [0.29, 0.717) is 24.4 Å². The zero-order valence-corrected chi connectivity index (χ0v) is 15.8. The fourth-order valence-corrected chi connectivity index (χ4v) is 4.55. The number of nitrogens with zero attached hydrogens (tertiary/aromatic N) is 4. The van der Waals surface area contributed by atoms with Gasteiger partial charge >= 0.3 is 0 Å². The van der Waals surface area contributed by atoms with Gasteiger partial charge in [-0.1, -0.05) is 5.21 Å². The molecule has 6 nitrogen and oxygen atoms in total. The summed E-state index contributed by atoms with van der Waals surface area (Å²) in [7, 11) is 0. The molecule has 1 amide bonds. The molecule has 4 rings (SSSR count). The Labute approximate surface area is 158 Å². The van der Waals surface area contributed by atoms with Gasteiger partial charge in [-0.25, -0.2) is 0 Å². The maximum Gasteiger partial charge on any atom is 0.225 e. The first kappa shape index (κ1) is 18.4. The van der Waals surface area contributed by atoms with Gasteiger partial charge in [0.2, 0.25) is 5.91 Å². The van der Waals surface area contributed by atoms with Crippen LogP contribution in [0.5, 0.6) is 0 Å². The molecule has 2 aliphatic rings. The van der Waals surface area contributed by atoms with Crippen LogP contribution in [0, 0.1) is 5.41 Å². The standard InChI is InChI=1S/C17H23N5OS.ClH/c23-16(1-8-21-9-7-19-20-21)22(12-14-2-10-24-13-14)15-11-17(15)3-5-18-6-4-17;/h2,7,9-10,13,15,18H,1,3-6,8,11-12H2;1H. The number of hydrogen-bond donors (Lipinski definition) is 1. The Bertz CT molecular complexity index is 669. The van der Waals surface area contributed by atoms with Gasteiger partial charge in [0.05, 0.1) is 12.7 Å². The van der Waals surface area contributed by atoms with Crippen molar-refractivity contribution in [3.05, 3.63) is 34.8 Å². The van der Waals surface area contributed by atoms with E-state index in [0.717, 1.165) is 26.1 Å². The zero-order chi connectivity index (χ0) is 16.4. The van der Waals surface area contributed by atoms with Crippen LogP contribution in [-0.4, -0.2) is 44.9 Å². The first-order chi connectivity index (χ1) is 11.8. The molecule has 0 radical (unpaired) electrons. The summed E-state index contributed by atoms with van der Waals surface area (Å²) < 4.78 is 1.73. The number of piperidine rings is 1. The largest absolute Gasteiger partial charge is 0.335 e. The molecule has 1 N–H and O–H groups in total. The van der Waals surface area contributed by atoms with Crippen LogP contribution < -0.4 is 5.32 Å². The van der Waals surface area contributed by atoms with E-state index < -0.39 is 0 Å². The number of hydrogen-bond acceptors (Lipinski definition) is 5. The first-order valence-corrected chi connectivity index (χ1v) is 9.56. The van der Waals surface area contributed by atoms with Crippen LogP contribution in [0.3, 0.4) is 0 Å². The van der Waals surface area contributed by atoms with Crippen molar-refractivity contribution in [1.29, 1.82) is 0 Å². The van der Waals surface area contributed by atoms with Crippen LogP contribution in [0.15, 0.2) is 29.2 Å². The number of halogens is 1. The van der Waals surface area contributed by atoms with Gasteiger partial charge in [-0.2, -0.15) is 11.3 Å². The molecule has 1 unspecified atom stereocenters. The van der Waals surface area contributed by atoms with Crippen LogP contribution in [0.25, 0.3) is 0 Å². The average Bonchev–Trinajstić information content (AvgIpc) is 3.06. The molecule has 2 aromatic heterocycles. The fraction of sp³-hybridized carbons (Fsp3) is 0.588.